The van der Waals surface area contributed by atoms with Gasteiger partial charge in [0.25, 0.3) is 0 Å². The van der Waals surface area contributed by atoms with Gasteiger partial charge in [0.1, 0.15) is 5.02 Å². The number of esters is 1. The van der Waals surface area contributed by atoms with Gasteiger partial charge in [-0.1, -0.05) is 17.2 Å². The molecule has 0 unspecified atom stereocenters. The van der Waals surface area contributed by atoms with Gasteiger partial charge in [-0.3, -0.25) is 4.68 Å². The highest BCUT2D eigenvalue weighted by Gasteiger charge is 2.24. The summed E-state index contributed by atoms with van der Waals surface area (Å²) in [5, 5.41) is 7.80. The molecule has 5 nitrogen and oxygen atoms in total. The number of aromatic nitrogens is 2. The van der Waals surface area contributed by atoms with Crippen molar-refractivity contribution >= 4 is 23.1 Å². The lowest BCUT2D eigenvalue weighted by Gasteiger charge is -2.19. The lowest BCUT2D eigenvalue weighted by atomic mass is 10.00. The van der Waals surface area contributed by atoms with Gasteiger partial charge in [0.05, 0.1) is 12.8 Å². The molecule has 6 heteroatoms. The molecule has 0 aliphatic carbocycles. The summed E-state index contributed by atoms with van der Waals surface area (Å²) < 4.78 is 6.31. The van der Waals surface area contributed by atoms with Gasteiger partial charge in [-0.2, -0.15) is 5.10 Å². The Morgan fingerprint density at radius 3 is 2.89 bits per heavy atom. The summed E-state index contributed by atoms with van der Waals surface area (Å²) in [4.78, 5) is 11.5. The van der Waals surface area contributed by atoms with E-state index in [0.717, 1.165) is 30.8 Å². The van der Waals surface area contributed by atoms with Crippen molar-refractivity contribution < 1.29 is 9.53 Å². The first-order chi connectivity index (χ1) is 8.56. The number of carbonyl (C=O) groups excluding carboxylic acids is 1. The third-order valence-electron chi connectivity index (χ3n) is 3.15. The van der Waals surface area contributed by atoms with Crippen LogP contribution in [0.25, 0.3) is 5.57 Å². The highest BCUT2D eigenvalue weighted by Crippen LogP contribution is 2.30. The smallest absolute Gasteiger partial charge is 0.360 e. The second kappa shape index (κ2) is 5.12. The Bertz CT molecular complexity index is 520. The number of halogens is 1. The number of hydrogen-bond acceptors (Lipinski definition) is 4. The highest BCUT2D eigenvalue weighted by atomic mass is 35.5. The second-order valence-electron chi connectivity index (χ2n) is 4.31. The molecule has 0 bridgehead atoms. The van der Waals surface area contributed by atoms with Crippen LogP contribution < -0.4 is 5.32 Å². The molecule has 1 aromatic heterocycles. The molecule has 0 aromatic carbocycles. The summed E-state index contributed by atoms with van der Waals surface area (Å²) in [6.45, 7) is 3.79. The first-order valence-electron chi connectivity index (χ1n) is 5.76. The van der Waals surface area contributed by atoms with Crippen LogP contribution in [0.2, 0.25) is 5.02 Å². The molecule has 0 fully saturated rings. The molecule has 0 radical (unpaired) electrons. The van der Waals surface area contributed by atoms with Gasteiger partial charge in [-0.15, -0.1) is 0 Å². The van der Waals surface area contributed by atoms with Crippen LogP contribution >= 0.6 is 11.6 Å². The van der Waals surface area contributed by atoms with E-state index in [1.54, 1.807) is 11.7 Å². The number of nitrogens with one attached hydrogen (secondary N) is 1. The Balaban J connectivity index is 2.52. The Morgan fingerprint density at radius 2 is 2.28 bits per heavy atom. The number of aryl methyl sites for hydroxylation is 1. The molecular weight excluding hydrogens is 254 g/mol. The molecule has 2 rings (SSSR count). The van der Waals surface area contributed by atoms with Crippen molar-refractivity contribution in [2.24, 2.45) is 7.05 Å². The summed E-state index contributed by atoms with van der Waals surface area (Å²) in [6.07, 6.45) is 0.977. The van der Waals surface area contributed by atoms with Crippen LogP contribution in [0.4, 0.5) is 0 Å². The van der Waals surface area contributed by atoms with Crippen molar-refractivity contribution in [3.63, 3.8) is 0 Å². The zero-order chi connectivity index (χ0) is 13.3. The van der Waals surface area contributed by atoms with Crippen molar-refractivity contribution in [3.05, 3.63) is 22.0 Å². The topological polar surface area (TPSA) is 56.1 Å². The van der Waals surface area contributed by atoms with Crippen molar-refractivity contribution in [1.82, 2.24) is 15.1 Å². The van der Waals surface area contributed by atoms with E-state index in [1.165, 1.54) is 12.7 Å². The summed E-state index contributed by atoms with van der Waals surface area (Å²) in [7, 11) is 3.10. The second-order valence-corrected chi connectivity index (χ2v) is 4.69. The fourth-order valence-electron chi connectivity index (χ4n) is 2.13. The minimum absolute atomic E-state index is 0.169. The van der Waals surface area contributed by atoms with E-state index >= 15 is 0 Å². The quantitative estimate of drug-likeness (QED) is 0.829. The van der Waals surface area contributed by atoms with Crippen molar-refractivity contribution in [2.75, 3.05) is 20.2 Å². The Kier molecular flexibility index (Phi) is 3.73. The predicted octanol–water partition coefficient (Wildman–Crippen LogP) is 1.63. The van der Waals surface area contributed by atoms with E-state index in [2.05, 4.69) is 22.1 Å². The van der Waals surface area contributed by atoms with E-state index in [-0.39, 0.29) is 5.69 Å². The maximum atomic E-state index is 11.5. The van der Waals surface area contributed by atoms with E-state index in [0.29, 0.717) is 5.02 Å². The van der Waals surface area contributed by atoms with Gasteiger partial charge in [0.15, 0.2) is 5.69 Å². The molecule has 18 heavy (non-hydrogen) atoms. The summed E-state index contributed by atoms with van der Waals surface area (Å²) in [5.74, 6) is -0.510. The molecule has 1 aliphatic heterocycles. The zero-order valence-electron chi connectivity index (χ0n) is 10.7. The maximum absolute atomic E-state index is 11.5. The minimum Gasteiger partial charge on any atom is -0.464 e. The number of rotatable bonds is 2. The number of hydrogen-bond donors (Lipinski definition) is 1. The maximum Gasteiger partial charge on any atom is 0.360 e. The summed E-state index contributed by atoms with van der Waals surface area (Å²) >= 11 is 6.26. The third kappa shape index (κ3) is 2.15. The number of carbonyl (C=O) groups is 1. The fourth-order valence-corrected chi connectivity index (χ4v) is 2.48. The molecule has 1 aliphatic rings. The van der Waals surface area contributed by atoms with Gasteiger partial charge in [-0.05, 0) is 25.5 Å². The van der Waals surface area contributed by atoms with Crippen LogP contribution in [0, 0.1) is 0 Å². The molecule has 1 N–H and O–H groups in total. The van der Waals surface area contributed by atoms with Crippen LogP contribution in [0.3, 0.4) is 0 Å². The molecule has 0 amide bonds. The lowest BCUT2D eigenvalue weighted by molar-refractivity contribution is 0.0593. The predicted molar refractivity (Wildman–Crippen MR) is 69.6 cm³/mol. The van der Waals surface area contributed by atoms with E-state index in [9.17, 15) is 4.79 Å². The van der Waals surface area contributed by atoms with Crippen LogP contribution in [-0.2, 0) is 11.8 Å². The molecule has 0 spiro atoms. The Morgan fingerprint density at radius 1 is 1.56 bits per heavy atom. The van der Waals surface area contributed by atoms with Gasteiger partial charge < -0.3 is 10.1 Å². The number of methoxy groups -OCH3 is 1. The number of ether oxygens (including phenoxy) is 1. The Hall–Kier alpha value is -1.33. The molecule has 98 valence electrons. The number of nitrogens with zero attached hydrogens (tertiary/aromatic N) is 2. The molecular formula is C12H16ClN3O2. The zero-order valence-corrected chi connectivity index (χ0v) is 11.5. The molecule has 1 aromatic rings. The SMILES string of the molecule is COC(=O)c1nn(C)c(C2=C(C)CCNC2)c1Cl. The van der Waals surface area contributed by atoms with E-state index in [1.807, 2.05) is 0 Å². The van der Waals surface area contributed by atoms with Gasteiger partial charge >= 0.3 is 5.97 Å². The van der Waals surface area contributed by atoms with Gasteiger partial charge in [-0.25, -0.2) is 4.79 Å². The molecule has 0 atom stereocenters. The van der Waals surface area contributed by atoms with E-state index in [4.69, 9.17) is 11.6 Å². The minimum atomic E-state index is -0.510. The van der Waals surface area contributed by atoms with Gasteiger partial charge in [0, 0.05) is 13.6 Å². The lowest BCUT2D eigenvalue weighted by Crippen LogP contribution is -2.24. The average Bonchev–Trinajstić information content (AvgIpc) is 2.65. The average molecular weight is 270 g/mol. The van der Waals surface area contributed by atoms with Gasteiger partial charge in [0.2, 0.25) is 0 Å². The first-order valence-corrected chi connectivity index (χ1v) is 6.14. The van der Waals surface area contributed by atoms with E-state index < -0.39 is 5.97 Å². The monoisotopic (exact) mass is 269 g/mol. The molecule has 0 saturated carbocycles. The highest BCUT2D eigenvalue weighted by molar-refractivity contribution is 6.35. The van der Waals surface area contributed by atoms with Crippen LogP contribution in [-0.4, -0.2) is 35.9 Å². The van der Waals surface area contributed by atoms with Crippen LogP contribution in [0.1, 0.15) is 29.5 Å². The third-order valence-corrected chi connectivity index (χ3v) is 3.51. The van der Waals surface area contributed by atoms with Crippen molar-refractivity contribution in [3.8, 4) is 0 Å². The summed E-state index contributed by atoms with van der Waals surface area (Å²) in [6, 6.07) is 0. The summed E-state index contributed by atoms with van der Waals surface area (Å²) in [5.41, 5.74) is 3.34. The van der Waals surface area contributed by atoms with Crippen LogP contribution in [0.5, 0.6) is 0 Å². The van der Waals surface area contributed by atoms with Crippen molar-refractivity contribution in [2.45, 2.75) is 13.3 Å². The molecule has 0 saturated heterocycles. The Labute approximate surface area is 111 Å². The normalized spacial score (nSPS) is 16.0. The van der Waals surface area contributed by atoms with Crippen molar-refractivity contribution in [1.29, 1.82) is 0 Å². The fraction of sp³-hybridized carbons (Fsp3) is 0.500. The van der Waals surface area contributed by atoms with Crippen LogP contribution in [0.15, 0.2) is 5.57 Å². The largest absolute Gasteiger partial charge is 0.464 e. The molecule has 2 heterocycles. The first kappa shape index (κ1) is 13.1. The standard InChI is InChI=1S/C12H16ClN3O2/c1-7-4-5-14-6-8(7)11-9(13)10(12(17)18-3)15-16(11)2/h14H,4-6H2,1-3H3.